The maximum absolute atomic E-state index is 15.0. The predicted molar refractivity (Wildman–Crippen MR) is 237 cm³/mol. The van der Waals surface area contributed by atoms with E-state index in [-0.39, 0.29) is 38.4 Å². The summed E-state index contributed by atoms with van der Waals surface area (Å²) < 4.78 is 94.1. The van der Waals surface area contributed by atoms with E-state index < -0.39 is 30.5 Å². The Hall–Kier alpha value is -7.06. The van der Waals surface area contributed by atoms with E-state index in [1.165, 1.54) is 60.7 Å². The Morgan fingerprint density at radius 2 is 0.623 bits per heavy atom. The van der Waals surface area contributed by atoms with Gasteiger partial charge in [-0.05, 0) is 118 Å². The minimum atomic E-state index is -4.68. The van der Waals surface area contributed by atoms with E-state index in [0.717, 1.165) is 33.4 Å². The van der Waals surface area contributed by atoms with Gasteiger partial charge in [-0.25, -0.2) is 8.42 Å². The second-order valence-corrected chi connectivity index (χ2v) is 17.9. The Morgan fingerprint density at radius 1 is 0.328 bits per heavy atom. The summed E-state index contributed by atoms with van der Waals surface area (Å²) in [7, 11) is -12.7. The van der Waals surface area contributed by atoms with Crippen LogP contribution in [-0.2, 0) is 30.5 Å². The van der Waals surface area contributed by atoms with Gasteiger partial charge in [0, 0.05) is 0 Å². The number of hydrogen-bond acceptors (Lipinski definition) is 9. The molecule has 8 rings (SSSR count). The van der Waals surface area contributed by atoms with E-state index in [9.17, 15) is 16.8 Å². The van der Waals surface area contributed by atoms with Crippen LogP contribution < -0.4 is 12.5 Å². The van der Waals surface area contributed by atoms with Crippen molar-refractivity contribution in [2.75, 3.05) is 0 Å². The van der Waals surface area contributed by atoms with Crippen LogP contribution in [0.15, 0.2) is 231 Å². The molecule has 8 aromatic rings. The fourth-order valence-electron chi connectivity index (χ4n) is 6.20. The lowest BCUT2D eigenvalue weighted by molar-refractivity contribution is 0.448. The minimum Gasteiger partial charge on any atom is -0.373 e. The monoisotopic (exact) mass is 866 g/mol. The second kappa shape index (κ2) is 17.7. The molecule has 1 atom stereocenters. The lowest BCUT2D eigenvalue weighted by Crippen LogP contribution is -2.16. The van der Waals surface area contributed by atoms with E-state index in [0.29, 0.717) is 0 Å². The van der Waals surface area contributed by atoms with Crippen LogP contribution in [0.4, 0.5) is 15.3 Å². The molecule has 61 heavy (non-hydrogen) atoms. The van der Waals surface area contributed by atoms with Gasteiger partial charge in [0.15, 0.2) is 0 Å². The summed E-state index contributed by atoms with van der Waals surface area (Å²) in [6.45, 7) is 0. The third-order valence-corrected chi connectivity index (χ3v) is 13.1. The van der Waals surface area contributed by atoms with E-state index >= 15 is 3.89 Å². The number of nitrogens with zero attached hydrogens (tertiary/aromatic N) is 2. The highest BCUT2D eigenvalue weighted by Crippen LogP contribution is 2.31. The average molecular weight is 867 g/mol. The molecule has 8 aromatic carbocycles. The summed E-state index contributed by atoms with van der Waals surface area (Å²) in [6.07, 6.45) is 0. The molecule has 304 valence electrons. The molecule has 0 heterocycles. The van der Waals surface area contributed by atoms with Gasteiger partial charge < -0.3 is 12.5 Å². The fourth-order valence-corrected chi connectivity index (χ4v) is 9.42. The average Bonchev–Trinajstić information content (AvgIpc) is 3.28. The number of hydrogen-bond donors (Lipinski definition) is 0. The number of rotatable bonds is 13. The molecule has 9 nitrogen and oxygen atoms in total. The molecule has 0 amide bonds. The highest BCUT2D eigenvalue weighted by Gasteiger charge is 2.20. The van der Waals surface area contributed by atoms with E-state index in [1.54, 1.807) is 36.4 Å². The number of halogens is 1. The summed E-state index contributed by atoms with van der Waals surface area (Å²) in [5.41, 5.74) is 5.66. The maximum Gasteiger partial charge on any atom is 0.393 e. The molecule has 0 saturated heterocycles. The van der Waals surface area contributed by atoms with Crippen LogP contribution in [0.5, 0.6) is 17.2 Å². The topological polar surface area (TPSA) is 121 Å². The molecular formula is C48H35FN2O7S3. The van der Waals surface area contributed by atoms with Crippen molar-refractivity contribution in [1.82, 2.24) is 0 Å². The predicted octanol–water partition coefficient (Wildman–Crippen LogP) is 12.6. The highest BCUT2D eigenvalue weighted by molar-refractivity contribution is 7.91. The van der Waals surface area contributed by atoms with Crippen molar-refractivity contribution in [1.29, 1.82) is 0 Å². The quantitative estimate of drug-likeness (QED) is 0.106. The molecule has 0 aromatic heterocycles. The first kappa shape index (κ1) is 40.7. The largest absolute Gasteiger partial charge is 0.393 e. The summed E-state index contributed by atoms with van der Waals surface area (Å²) >= 11 is 0. The van der Waals surface area contributed by atoms with Crippen LogP contribution in [0.2, 0.25) is 0 Å². The fraction of sp³-hybridized carbons (Fsp3) is 0. The molecule has 0 spiro atoms. The molecule has 0 aliphatic heterocycles. The van der Waals surface area contributed by atoms with Gasteiger partial charge in [-0.15, -0.1) is 8.73 Å². The van der Waals surface area contributed by atoms with Crippen LogP contribution in [0.25, 0.3) is 33.4 Å². The first-order chi connectivity index (χ1) is 29.5. The molecule has 1 unspecified atom stereocenters. The van der Waals surface area contributed by atoms with Gasteiger partial charge >= 0.3 is 20.7 Å². The van der Waals surface area contributed by atoms with Crippen molar-refractivity contribution in [3.8, 4) is 50.6 Å². The van der Waals surface area contributed by atoms with E-state index in [1.807, 2.05) is 115 Å². The highest BCUT2D eigenvalue weighted by atomic mass is 32.3. The van der Waals surface area contributed by atoms with Crippen molar-refractivity contribution in [3.05, 3.63) is 212 Å². The Labute approximate surface area is 354 Å². The van der Waals surface area contributed by atoms with Gasteiger partial charge in [0.1, 0.15) is 17.2 Å². The smallest absolute Gasteiger partial charge is 0.373 e. The molecule has 0 aliphatic carbocycles. The standard InChI is InChI=1S/C48H35FN2O7S3/c49-60(54,56-44-26-16-39(17-27-44)36-10-4-1-5-11-36)50-42-22-32-47(33-23-42)59(52,53)48-34-24-43(25-35-48)51-61(55,57-45-28-18-40(19-29-45)37-12-6-2-7-13-37)58-46-30-20-41(21-31-46)38-14-8-3-9-15-38/h1-35H. The molecule has 0 fully saturated rings. The number of benzene rings is 8. The molecule has 13 heteroatoms. The van der Waals surface area contributed by atoms with Gasteiger partial charge in [0.05, 0.1) is 21.2 Å². The molecule has 0 bridgehead atoms. The van der Waals surface area contributed by atoms with Crippen LogP contribution in [0.3, 0.4) is 0 Å². The van der Waals surface area contributed by atoms with Gasteiger partial charge in [0.2, 0.25) is 9.84 Å². The normalized spacial score (nSPS) is 12.4. The molecule has 0 radical (unpaired) electrons. The zero-order chi connectivity index (χ0) is 42.3. The Balaban J connectivity index is 1.01. The Kier molecular flexibility index (Phi) is 11.8. The van der Waals surface area contributed by atoms with Gasteiger partial charge in [-0.2, -0.15) is 8.42 Å². The van der Waals surface area contributed by atoms with E-state index in [4.69, 9.17) is 12.5 Å². The number of sulfone groups is 1. The van der Waals surface area contributed by atoms with Crippen molar-refractivity contribution < 1.29 is 33.3 Å². The van der Waals surface area contributed by atoms with Crippen molar-refractivity contribution >= 4 is 41.9 Å². The van der Waals surface area contributed by atoms with Crippen LogP contribution in [0, 0.1) is 0 Å². The third-order valence-electron chi connectivity index (χ3n) is 9.21. The van der Waals surface area contributed by atoms with Gasteiger partial charge in [-0.3, -0.25) is 0 Å². The Morgan fingerprint density at radius 3 is 0.967 bits per heavy atom. The van der Waals surface area contributed by atoms with Crippen LogP contribution >= 0.6 is 0 Å². The first-order valence-electron chi connectivity index (χ1n) is 18.7. The van der Waals surface area contributed by atoms with Crippen molar-refractivity contribution in [2.24, 2.45) is 8.73 Å². The second-order valence-electron chi connectivity index (χ2n) is 13.4. The van der Waals surface area contributed by atoms with Gasteiger partial charge in [0.25, 0.3) is 0 Å². The summed E-state index contributed by atoms with van der Waals surface area (Å²) in [6, 6.07) is 59.6. The van der Waals surface area contributed by atoms with E-state index in [2.05, 4.69) is 8.73 Å². The first-order valence-corrected chi connectivity index (χ1v) is 22.9. The lowest BCUT2D eigenvalue weighted by atomic mass is 10.1. The molecule has 0 N–H and O–H groups in total. The van der Waals surface area contributed by atoms with Crippen molar-refractivity contribution in [2.45, 2.75) is 9.79 Å². The molecule has 0 saturated carbocycles. The maximum atomic E-state index is 15.0. The zero-order valence-electron chi connectivity index (χ0n) is 32.1. The molecular weight excluding hydrogens is 832 g/mol. The Bertz CT molecular complexity index is 3030. The van der Waals surface area contributed by atoms with Crippen LogP contribution in [-0.4, -0.2) is 16.8 Å². The third kappa shape index (κ3) is 10.2. The van der Waals surface area contributed by atoms with Gasteiger partial charge in [-0.1, -0.05) is 131 Å². The minimum absolute atomic E-state index is 0.00856. The molecule has 0 aliphatic rings. The van der Waals surface area contributed by atoms with Crippen molar-refractivity contribution in [3.63, 3.8) is 0 Å². The SMILES string of the molecule is O=S(=O)(c1ccc(N=S(=O)(F)Oc2ccc(-c3ccccc3)cc2)cc1)c1ccc(N=S(=O)(Oc2ccc(-c3ccccc3)cc2)Oc2ccc(-c3ccccc3)cc2)cc1. The summed E-state index contributed by atoms with van der Waals surface area (Å²) in [5, 5.41) is 0. The van der Waals surface area contributed by atoms with Crippen LogP contribution in [0.1, 0.15) is 0 Å². The summed E-state index contributed by atoms with van der Waals surface area (Å²) in [5.74, 6) is 0.474. The lowest BCUT2D eigenvalue weighted by Gasteiger charge is -2.14. The zero-order valence-corrected chi connectivity index (χ0v) is 34.5. The summed E-state index contributed by atoms with van der Waals surface area (Å²) in [4.78, 5) is -0.235.